The number of furan rings is 1. The molecule has 0 aliphatic heterocycles. The van der Waals surface area contributed by atoms with Gasteiger partial charge in [-0.25, -0.2) is 0 Å². The number of hydrogen-bond acceptors (Lipinski definition) is 2. The van der Waals surface area contributed by atoms with E-state index in [2.05, 4.69) is 12.2 Å². The summed E-state index contributed by atoms with van der Waals surface area (Å²) in [5.41, 5.74) is 2.96. The quantitative estimate of drug-likeness (QED) is 0.898. The second-order valence-corrected chi connectivity index (χ2v) is 4.81. The molecule has 2 rings (SSSR count). The zero-order valence-electron chi connectivity index (χ0n) is 11.1. The number of hydrogen-bond donors (Lipinski definition) is 1. The zero-order chi connectivity index (χ0) is 13.1. The minimum atomic E-state index is 0.0487. The van der Waals surface area contributed by atoms with Crippen molar-refractivity contribution in [1.29, 1.82) is 0 Å². The smallest absolute Gasteiger partial charge is 0.224 e. The zero-order valence-corrected chi connectivity index (χ0v) is 11.1. The van der Waals surface area contributed by atoms with E-state index in [1.807, 2.05) is 32.0 Å². The van der Waals surface area contributed by atoms with E-state index in [4.69, 9.17) is 4.42 Å². The second-order valence-electron chi connectivity index (χ2n) is 4.81. The molecule has 1 aromatic carbocycles. The summed E-state index contributed by atoms with van der Waals surface area (Å²) >= 11 is 0. The van der Waals surface area contributed by atoms with Crippen LogP contribution >= 0.6 is 0 Å². The monoisotopic (exact) mass is 245 g/mol. The van der Waals surface area contributed by atoms with E-state index in [1.165, 1.54) is 0 Å². The van der Waals surface area contributed by atoms with Crippen LogP contribution in [0.25, 0.3) is 11.0 Å². The van der Waals surface area contributed by atoms with Gasteiger partial charge in [0.2, 0.25) is 5.91 Å². The van der Waals surface area contributed by atoms with Crippen molar-refractivity contribution >= 4 is 16.9 Å². The standard InChI is InChI=1S/C15H19NO2/c1-4-11(3)16-15(17)8-12-9-18-14-7-10(2)5-6-13(12)14/h5-7,9,11H,4,8H2,1-3H3,(H,16,17)/t11-/m0/s1. The van der Waals surface area contributed by atoms with Gasteiger partial charge in [0.1, 0.15) is 5.58 Å². The van der Waals surface area contributed by atoms with Crippen molar-refractivity contribution in [3.05, 3.63) is 35.6 Å². The van der Waals surface area contributed by atoms with Crippen molar-refractivity contribution in [2.75, 3.05) is 0 Å². The first kappa shape index (κ1) is 12.7. The highest BCUT2D eigenvalue weighted by molar-refractivity contribution is 5.88. The Labute approximate surface area is 107 Å². The third kappa shape index (κ3) is 2.73. The first-order chi connectivity index (χ1) is 8.60. The van der Waals surface area contributed by atoms with Gasteiger partial charge in [-0.1, -0.05) is 19.1 Å². The summed E-state index contributed by atoms with van der Waals surface area (Å²) in [6.45, 7) is 6.09. The molecular weight excluding hydrogens is 226 g/mol. The first-order valence-electron chi connectivity index (χ1n) is 6.36. The van der Waals surface area contributed by atoms with Crippen LogP contribution in [0.15, 0.2) is 28.9 Å². The summed E-state index contributed by atoms with van der Waals surface area (Å²) in [7, 11) is 0. The van der Waals surface area contributed by atoms with Crippen molar-refractivity contribution < 1.29 is 9.21 Å². The van der Waals surface area contributed by atoms with Gasteiger partial charge in [0.15, 0.2) is 0 Å². The summed E-state index contributed by atoms with van der Waals surface area (Å²) in [6.07, 6.45) is 3.00. The van der Waals surface area contributed by atoms with Crippen molar-refractivity contribution in [3.63, 3.8) is 0 Å². The van der Waals surface area contributed by atoms with Crippen molar-refractivity contribution in [2.45, 2.75) is 39.7 Å². The topological polar surface area (TPSA) is 42.2 Å². The van der Waals surface area contributed by atoms with Crippen LogP contribution in [0.3, 0.4) is 0 Å². The predicted octanol–water partition coefficient (Wildman–Crippen LogP) is 3.20. The molecule has 3 nitrogen and oxygen atoms in total. The molecule has 0 aliphatic rings. The Kier molecular flexibility index (Phi) is 3.70. The Morgan fingerprint density at radius 1 is 1.44 bits per heavy atom. The van der Waals surface area contributed by atoms with Gasteiger partial charge in [0.05, 0.1) is 12.7 Å². The van der Waals surface area contributed by atoms with Gasteiger partial charge < -0.3 is 9.73 Å². The minimum absolute atomic E-state index is 0.0487. The van der Waals surface area contributed by atoms with Crippen molar-refractivity contribution in [2.24, 2.45) is 0 Å². The van der Waals surface area contributed by atoms with Crippen LogP contribution in [0, 0.1) is 6.92 Å². The fourth-order valence-corrected chi connectivity index (χ4v) is 1.93. The van der Waals surface area contributed by atoms with Crippen LogP contribution in [0.1, 0.15) is 31.4 Å². The lowest BCUT2D eigenvalue weighted by Crippen LogP contribution is -2.33. The van der Waals surface area contributed by atoms with Gasteiger partial charge in [0, 0.05) is 17.0 Å². The van der Waals surface area contributed by atoms with Crippen LogP contribution in [-0.4, -0.2) is 11.9 Å². The molecule has 18 heavy (non-hydrogen) atoms. The Morgan fingerprint density at radius 3 is 2.94 bits per heavy atom. The van der Waals surface area contributed by atoms with Gasteiger partial charge in [-0.2, -0.15) is 0 Å². The van der Waals surface area contributed by atoms with E-state index in [1.54, 1.807) is 6.26 Å². The molecule has 96 valence electrons. The summed E-state index contributed by atoms with van der Waals surface area (Å²) in [5.74, 6) is 0.0487. The van der Waals surface area contributed by atoms with Gasteiger partial charge >= 0.3 is 0 Å². The lowest BCUT2D eigenvalue weighted by atomic mass is 10.1. The number of aryl methyl sites for hydroxylation is 1. The molecule has 1 heterocycles. The first-order valence-corrected chi connectivity index (χ1v) is 6.36. The molecule has 0 unspecified atom stereocenters. The lowest BCUT2D eigenvalue weighted by Gasteiger charge is -2.10. The van der Waals surface area contributed by atoms with E-state index in [-0.39, 0.29) is 11.9 Å². The van der Waals surface area contributed by atoms with Crippen molar-refractivity contribution in [3.8, 4) is 0 Å². The molecule has 1 aromatic heterocycles. The molecule has 1 N–H and O–H groups in total. The fraction of sp³-hybridized carbons (Fsp3) is 0.400. The Bertz CT molecular complexity index is 557. The van der Waals surface area contributed by atoms with Crippen LogP contribution in [0.4, 0.5) is 0 Å². The Balaban J connectivity index is 2.15. The average molecular weight is 245 g/mol. The molecule has 0 radical (unpaired) electrons. The van der Waals surface area contributed by atoms with E-state index in [9.17, 15) is 4.79 Å². The molecule has 0 saturated heterocycles. The summed E-state index contributed by atoms with van der Waals surface area (Å²) in [6, 6.07) is 6.26. The third-order valence-electron chi connectivity index (χ3n) is 3.18. The molecule has 0 fully saturated rings. The molecule has 0 saturated carbocycles. The lowest BCUT2D eigenvalue weighted by molar-refractivity contribution is -0.121. The molecule has 1 amide bonds. The van der Waals surface area contributed by atoms with Gasteiger partial charge in [0.25, 0.3) is 0 Å². The van der Waals surface area contributed by atoms with Gasteiger partial charge in [-0.15, -0.1) is 0 Å². The maximum atomic E-state index is 11.8. The van der Waals surface area contributed by atoms with E-state index in [0.29, 0.717) is 6.42 Å². The van der Waals surface area contributed by atoms with E-state index in [0.717, 1.165) is 28.5 Å². The molecule has 0 bridgehead atoms. The van der Waals surface area contributed by atoms with E-state index < -0.39 is 0 Å². The van der Waals surface area contributed by atoms with Crippen molar-refractivity contribution in [1.82, 2.24) is 5.32 Å². The van der Waals surface area contributed by atoms with Gasteiger partial charge in [-0.3, -0.25) is 4.79 Å². The minimum Gasteiger partial charge on any atom is -0.464 e. The third-order valence-corrected chi connectivity index (χ3v) is 3.18. The maximum Gasteiger partial charge on any atom is 0.224 e. The normalized spacial score (nSPS) is 12.6. The Morgan fingerprint density at radius 2 is 2.22 bits per heavy atom. The Hall–Kier alpha value is -1.77. The highest BCUT2D eigenvalue weighted by Gasteiger charge is 2.11. The van der Waals surface area contributed by atoms with Crippen LogP contribution in [-0.2, 0) is 11.2 Å². The summed E-state index contributed by atoms with van der Waals surface area (Å²) < 4.78 is 5.48. The number of carbonyl (C=O) groups is 1. The highest BCUT2D eigenvalue weighted by Crippen LogP contribution is 2.22. The van der Waals surface area contributed by atoms with Gasteiger partial charge in [-0.05, 0) is 31.9 Å². The second kappa shape index (κ2) is 5.25. The predicted molar refractivity (Wildman–Crippen MR) is 72.6 cm³/mol. The SMILES string of the molecule is CC[C@H](C)NC(=O)Cc1coc2cc(C)ccc12. The van der Waals surface area contributed by atoms with E-state index >= 15 is 0 Å². The highest BCUT2D eigenvalue weighted by atomic mass is 16.3. The van der Waals surface area contributed by atoms with Crippen LogP contribution < -0.4 is 5.32 Å². The van der Waals surface area contributed by atoms with Crippen LogP contribution in [0.2, 0.25) is 0 Å². The number of amides is 1. The van der Waals surface area contributed by atoms with Crippen LogP contribution in [0.5, 0.6) is 0 Å². The number of fused-ring (bicyclic) bond motifs is 1. The number of benzene rings is 1. The largest absolute Gasteiger partial charge is 0.464 e. The maximum absolute atomic E-state index is 11.8. The number of nitrogens with one attached hydrogen (secondary N) is 1. The number of rotatable bonds is 4. The summed E-state index contributed by atoms with van der Waals surface area (Å²) in [5, 5.41) is 3.99. The summed E-state index contributed by atoms with van der Waals surface area (Å²) in [4.78, 5) is 11.8. The molecule has 2 aromatic rings. The molecule has 0 spiro atoms. The molecule has 0 aliphatic carbocycles. The molecule has 3 heteroatoms. The molecule has 1 atom stereocenters. The average Bonchev–Trinajstić information content (AvgIpc) is 2.71. The molecular formula is C15H19NO2. The number of carbonyl (C=O) groups excluding carboxylic acids is 1. The fourth-order valence-electron chi connectivity index (χ4n) is 1.93.